The van der Waals surface area contributed by atoms with Crippen LogP contribution in [0.5, 0.6) is 0 Å². The molecule has 1 heterocycles. The largest absolute Gasteiger partial charge is 0.481 e. The van der Waals surface area contributed by atoms with Gasteiger partial charge in [-0.25, -0.2) is 0 Å². The van der Waals surface area contributed by atoms with Crippen LogP contribution in [0.2, 0.25) is 0 Å². The average molecular weight is 275 g/mol. The first kappa shape index (κ1) is 14.6. The zero-order valence-corrected chi connectivity index (χ0v) is 12.0. The number of hydrogen-bond acceptors (Lipinski definition) is 2. The van der Waals surface area contributed by atoms with Crippen molar-refractivity contribution in [2.75, 3.05) is 0 Å². The van der Waals surface area contributed by atoms with Crippen molar-refractivity contribution in [1.82, 2.24) is 4.57 Å². The third kappa shape index (κ3) is 2.85. The Morgan fingerprint density at radius 2 is 2.05 bits per heavy atom. The monoisotopic (exact) mass is 275 g/mol. The molecule has 2 rings (SSSR count). The number of hydrogen-bond donors (Lipinski definition) is 2. The van der Waals surface area contributed by atoms with Crippen LogP contribution in [-0.4, -0.2) is 20.7 Å². The summed E-state index contributed by atoms with van der Waals surface area (Å²) in [7, 11) is 2.03. The number of benzene rings is 1. The molecule has 0 saturated heterocycles. The minimum Gasteiger partial charge on any atom is -0.481 e. The second-order valence-electron chi connectivity index (χ2n) is 5.24. The lowest BCUT2D eigenvalue weighted by atomic mass is 9.97. The van der Waals surface area contributed by atoms with Gasteiger partial charge >= 0.3 is 5.97 Å². The number of aliphatic carboxylic acids is 1. The zero-order chi connectivity index (χ0) is 14.7. The number of nitrogens with zero attached hydrogens (tertiary/aromatic N) is 1. The van der Waals surface area contributed by atoms with E-state index in [0.717, 1.165) is 29.5 Å². The molecule has 4 heteroatoms. The lowest BCUT2D eigenvalue weighted by Crippen LogP contribution is -1.99. The maximum Gasteiger partial charge on any atom is 0.303 e. The molecule has 2 aromatic rings. The van der Waals surface area contributed by atoms with Crippen molar-refractivity contribution in [2.24, 2.45) is 7.05 Å². The van der Waals surface area contributed by atoms with Crippen molar-refractivity contribution in [3.8, 4) is 0 Å². The quantitative estimate of drug-likeness (QED) is 0.797. The van der Waals surface area contributed by atoms with Crippen LogP contribution in [0.25, 0.3) is 10.9 Å². The van der Waals surface area contributed by atoms with Crippen molar-refractivity contribution in [3.05, 3.63) is 35.0 Å². The minimum atomic E-state index is -0.749. The van der Waals surface area contributed by atoms with Crippen molar-refractivity contribution in [2.45, 2.75) is 39.2 Å². The summed E-state index contributed by atoms with van der Waals surface area (Å²) in [6, 6.07) is 6.14. The summed E-state index contributed by atoms with van der Waals surface area (Å²) in [5.41, 5.74) is 4.44. The topological polar surface area (TPSA) is 62.5 Å². The summed E-state index contributed by atoms with van der Waals surface area (Å²) in [6.07, 6.45) is 2.51. The second kappa shape index (κ2) is 6.09. The minimum absolute atomic E-state index is 0.0259. The van der Waals surface area contributed by atoms with Crippen LogP contribution in [0.4, 0.5) is 0 Å². The Labute approximate surface area is 118 Å². The molecular formula is C16H21NO3. The molecule has 0 fully saturated rings. The van der Waals surface area contributed by atoms with Crippen LogP contribution in [-0.2, 0) is 24.9 Å². The molecule has 0 amide bonds. The molecule has 0 saturated carbocycles. The molecule has 4 nitrogen and oxygen atoms in total. The van der Waals surface area contributed by atoms with Crippen molar-refractivity contribution in [3.63, 3.8) is 0 Å². The first-order valence-electron chi connectivity index (χ1n) is 6.94. The molecule has 2 N–H and O–H groups in total. The average Bonchev–Trinajstić information content (AvgIpc) is 2.70. The van der Waals surface area contributed by atoms with Gasteiger partial charge < -0.3 is 14.8 Å². The number of fused-ring (bicyclic) bond motifs is 1. The number of carboxylic acid groups (broad SMARTS) is 1. The second-order valence-corrected chi connectivity index (χ2v) is 5.24. The van der Waals surface area contributed by atoms with Crippen LogP contribution in [0.15, 0.2) is 18.2 Å². The van der Waals surface area contributed by atoms with Gasteiger partial charge in [-0.05, 0) is 49.4 Å². The van der Waals surface area contributed by atoms with Crippen LogP contribution >= 0.6 is 0 Å². The molecule has 1 aromatic carbocycles. The van der Waals surface area contributed by atoms with Crippen LogP contribution in [0.1, 0.15) is 36.1 Å². The summed E-state index contributed by atoms with van der Waals surface area (Å²) >= 11 is 0. The highest BCUT2D eigenvalue weighted by Gasteiger charge is 2.11. The van der Waals surface area contributed by atoms with Gasteiger partial charge in [0.05, 0.1) is 6.61 Å². The molecule has 108 valence electrons. The van der Waals surface area contributed by atoms with E-state index in [2.05, 4.69) is 17.6 Å². The Kier molecular flexibility index (Phi) is 4.45. The molecule has 0 aliphatic rings. The van der Waals surface area contributed by atoms with E-state index in [4.69, 9.17) is 5.11 Å². The van der Waals surface area contributed by atoms with E-state index in [1.807, 2.05) is 19.2 Å². The standard InChI is InChI=1S/C16H21NO3/c1-11-9-14-13(5-3-4-6-16(19)20)12(10-18)7-8-15(14)17(11)2/h7-9,18H,3-6,10H2,1-2H3,(H,19,20). The Hall–Kier alpha value is -1.81. The summed E-state index contributed by atoms with van der Waals surface area (Å²) < 4.78 is 2.14. The normalized spacial score (nSPS) is 11.2. The fraction of sp³-hybridized carbons (Fsp3) is 0.438. The van der Waals surface area contributed by atoms with Gasteiger partial charge in [0.1, 0.15) is 0 Å². The summed E-state index contributed by atoms with van der Waals surface area (Å²) in [5, 5.41) is 19.4. The number of rotatable bonds is 6. The lowest BCUT2D eigenvalue weighted by molar-refractivity contribution is -0.137. The van der Waals surface area contributed by atoms with Crippen LogP contribution in [0.3, 0.4) is 0 Å². The molecule has 0 atom stereocenters. The fourth-order valence-electron chi connectivity index (χ4n) is 2.67. The van der Waals surface area contributed by atoms with E-state index in [1.54, 1.807) is 0 Å². The van der Waals surface area contributed by atoms with Gasteiger partial charge in [0.25, 0.3) is 0 Å². The first-order chi connectivity index (χ1) is 9.54. The van der Waals surface area contributed by atoms with E-state index in [0.29, 0.717) is 6.42 Å². The predicted molar refractivity (Wildman–Crippen MR) is 78.8 cm³/mol. The highest BCUT2D eigenvalue weighted by atomic mass is 16.4. The van der Waals surface area contributed by atoms with Crippen LogP contribution < -0.4 is 0 Å². The van der Waals surface area contributed by atoms with E-state index in [9.17, 15) is 9.90 Å². The van der Waals surface area contributed by atoms with E-state index in [1.165, 1.54) is 11.1 Å². The van der Waals surface area contributed by atoms with E-state index < -0.39 is 5.97 Å². The van der Waals surface area contributed by atoms with Gasteiger partial charge in [0, 0.05) is 30.1 Å². The molecule has 0 spiro atoms. The Balaban J connectivity index is 2.29. The van der Waals surface area contributed by atoms with Gasteiger partial charge in [-0.3, -0.25) is 4.79 Å². The van der Waals surface area contributed by atoms with Crippen molar-refractivity contribution >= 4 is 16.9 Å². The third-order valence-electron chi connectivity index (χ3n) is 3.91. The number of carboxylic acids is 1. The smallest absolute Gasteiger partial charge is 0.303 e. The van der Waals surface area contributed by atoms with Crippen LogP contribution in [0, 0.1) is 6.92 Å². The number of aliphatic hydroxyl groups is 1. The molecular weight excluding hydrogens is 254 g/mol. The van der Waals surface area contributed by atoms with Gasteiger partial charge in [-0.2, -0.15) is 0 Å². The summed E-state index contributed by atoms with van der Waals surface area (Å²) in [4.78, 5) is 10.6. The van der Waals surface area contributed by atoms with Crippen molar-refractivity contribution < 1.29 is 15.0 Å². The Morgan fingerprint density at radius 1 is 1.30 bits per heavy atom. The molecule has 20 heavy (non-hydrogen) atoms. The van der Waals surface area contributed by atoms with Gasteiger partial charge in [-0.15, -0.1) is 0 Å². The van der Waals surface area contributed by atoms with Gasteiger partial charge in [0.15, 0.2) is 0 Å². The molecule has 0 bridgehead atoms. The van der Waals surface area contributed by atoms with Gasteiger partial charge in [-0.1, -0.05) is 6.07 Å². The molecule has 0 unspecified atom stereocenters. The third-order valence-corrected chi connectivity index (χ3v) is 3.91. The summed E-state index contributed by atoms with van der Waals surface area (Å²) in [5.74, 6) is -0.749. The number of aryl methyl sites for hydroxylation is 3. The fourth-order valence-corrected chi connectivity index (χ4v) is 2.67. The number of unbranched alkanes of at least 4 members (excludes halogenated alkanes) is 1. The molecule has 0 aliphatic heterocycles. The van der Waals surface area contributed by atoms with Gasteiger partial charge in [0.2, 0.25) is 0 Å². The SMILES string of the molecule is Cc1cc2c(CCCCC(=O)O)c(CO)ccc2n1C. The Bertz CT molecular complexity index is 628. The molecule has 1 aromatic heterocycles. The molecule has 0 radical (unpaired) electrons. The number of aliphatic hydroxyl groups excluding tert-OH is 1. The number of aromatic nitrogens is 1. The van der Waals surface area contributed by atoms with E-state index in [-0.39, 0.29) is 13.0 Å². The number of carbonyl (C=O) groups is 1. The highest BCUT2D eigenvalue weighted by Crippen LogP contribution is 2.27. The molecule has 0 aliphatic carbocycles. The predicted octanol–water partition coefficient (Wildman–Crippen LogP) is 2.78. The Morgan fingerprint density at radius 3 is 2.70 bits per heavy atom. The van der Waals surface area contributed by atoms with Crippen molar-refractivity contribution in [1.29, 1.82) is 0 Å². The zero-order valence-electron chi connectivity index (χ0n) is 12.0. The first-order valence-corrected chi connectivity index (χ1v) is 6.94. The highest BCUT2D eigenvalue weighted by molar-refractivity contribution is 5.86. The maximum atomic E-state index is 10.6. The van der Waals surface area contributed by atoms with E-state index >= 15 is 0 Å². The lowest BCUT2D eigenvalue weighted by Gasteiger charge is -2.10. The summed E-state index contributed by atoms with van der Waals surface area (Å²) in [6.45, 7) is 2.09. The maximum absolute atomic E-state index is 10.6.